The van der Waals surface area contributed by atoms with Gasteiger partial charge in [-0.15, -0.1) is 0 Å². The van der Waals surface area contributed by atoms with Crippen LogP contribution in [0.1, 0.15) is 98.3 Å². The van der Waals surface area contributed by atoms with E-state index in [0.717, 1.165) is 19.4 Å². The van der Waals surface area contributed by atoms with Crippen LogP contribution in [-0.2, 0) is 52.3 Å². The van der Waals surface area contributed by atoms with Gasteiger partial charge < -0.3 is 52.3 Å². The highest BCUT2D eigenvalue weighted by atomic mass is 16.7. The number of fused-ring (bicyclic) bond motifs is 1. The first-order valence-corrected chi connectivity index (χ1v) is 21.0. The fraction of sp³-hybridized carbons (Fsp3) is 0.510. The molecule has 0 amide bonds. The molecular formula is C49H68O14. The van der Waals surface area contributed by atoms with Gasteiger partial charge in [-0.2, -0.15) is 0 Å². The number of carbonyl (C=O) groups excluding carboxylic acids is 6. The van der Waals surface area contributed by atoms with E-state index in [2.05, 4.69) is 0 Å². The summed E-state index contributed by atoms with van der Waals surface area (Å²) in [5, 5.41) is 0. The van der Waals surface area contributed by atoms with Gasteiger partial charge in [0.25, 0.3) is 0 Å². The van der Waals surface area contributed by atoms with Crippen LogP contribution in [0.3, 0.4) is 0 Å². The van der Waals surface area contributed by atoms with Gasteiger partial charge in [-0.05, 0) is 115 Å². The Kier molecular flexibility index (Phi) is 29.7. The van der Waals surface area contributed by atoms with Gasteiger partial charge >= 0.3 is 17.9 Å². The molecule has 0 unspecified atom stereocenters. The molecule has 0 bridgehead atoms. The summed E-state index contributed by atoms with van der Waals surface area (Å²) in [6.45, 7) is 12.1. The molecule has 0 aromatic heterocycles. The second-order valence-electron chi connectivity index (χ2n) is 15.2. The van der Waals surface area contributed by atoms with Gasteiger partial charge in [-0.1, -0.05) is 54.6 Å². The average Bonchev–Trinajstić information content (AvgIpc) is 3.87. The zero-order valence-electron chi connectivity index (χ0n) is 38.4. The number of ketones is 3. The van der Waals surface area contributed by atoms with Crippen LogP contribution in [0, 0.1) is 11.8 Å². The zero-order chi connectivity index (χ0) is 47.0. The third-order valence-electron chi connectivity index (χ3n) is 8.89. The number of hydrogen-bond donors (Lipinski definition) is 0. The van der Waals surface area contributed by atoms with Crippen molar-refractivity contribution in [2.24, 2.45) is 11.8 Å². The van der Waals surface area contributed by atoms with Crippen molar-refractivity contribution in [3.8, 4) is 0 Å². The number of rotatable bonds is 12. The van der Waals surface area contributed by atoms with E-state index in [1.807, 2.05) is 30.3 Å². The summed E-state index contributed by atoms with van der Waals surface area (Å²) in [5.74, 6) is 0.837. The summed E-state index contributed by atoms with van der Waals surface area (Å²) in [5.41, 5.74) is 1.74. The Hall–Kier alpha value is -5.12. The number of benzene rings is 3. The first-order valence-electron chi connectivity index (χ1n) is 21.0. The lowest BCUT2D eigenvalue weighted by Gasteiger charge is -2.27. The van der Waals surface area contributed by atoms with E-state index in [4.69, 9.17) is 37.9 Å². The molecule has 0 spiro atoms. The zero-order valence-corrected chi connectivity index (χ0v) is 38.4. The third kappa shape index (κ3) is 25.6. The lowest BCUT2D eigenvalue weighted by Crippen LogP contribution is -2.34. The maximum Gasteiger partial charge on any atom is 0.338 e. The van der Waals surface area contributed by atoms with Crippen LogP contribution in [0.2, 0.25) is 0 Å². The first kappa shape index (κ1) is 55.9. The Bertz CT molecular complexity index is 1690. The van der Waals surface area contributed by atoms with Gasteiger partial charge in [0.05, 0.1) is 43.1 Å². The minimum Gasteiger partial charge on any atom is -0.462 e. The van der Waals surface area contributed by atoms with Crippen molar-refractivity contribution in [1.29, 1.82) is 0 Å². The van der Waals surface area contributed by atoms with Crippen molar-refractivity contribution in [1.82, 2.24) is 0 Å². The van der Waals surface area contributed by atoms with Crippen molar-refractivity contribution in [2.75, 3.05) is 61.0 Å². The predicted molar refractivity (Wildman–Crippen MR) is 238 cm³/mol. The first-order chi connectivity index (χ1) is 30.1. The van der Waals surface area contributed by atoms with Crippen LogP contribution in [0.4, 0.5) is 0 Å². The Balaban J connectivity index is 0.000000423. The molecule has 6 rings (SSSR count). The molecule has 0 radical (unpaired) electrons. The molecule has 3 aliphatic rings. The van der Waals surface area contributed by atoms with E-state index >= 15 is 0 Å². The van der Waals surface area contributed by atoms with Gasteiger partial charge in [0, 0.05) is 27.9 Å². The van der Waals surface area contributed by atoms with E-state index in [1.54, 1.807) is 82.0 Å². The van der Waals surface area contributed by atoms with Crippen molar-refractivity contribution in [3.63, 3.8) is 0 Å². The van der Waals surface area contributed by atoms with Crippen LogP contribution in [0.5, 0.6) is 0 Å². The van der Waals surface area contributed by atoms with Crippen molar-refractivity contribution < 1.29 is 66.7 Å². The van der Waals surface area contributed by atoms with E-state index in [0.29, 0.717) is 61.6 Å². The SMILES string of the molecule is CC(C)=O.CC(C)=O.CC(C)=O.COCC1CCC(COC(=O)c2ccccc2)CC1.COCCOC(=O)c1ccccc1.CO[C@H]1CO[C@H]2[C@@H]1OC[C@H]2OC(=O)c1ccccc1. The summed E-state index contributed by atoms with van der Waals surface area (Å²) in [6, 6.07) is 27.0. The Morgan fingerprint density at radius 1 is 0.476 bits per heavy atom. The lowest BCUT2D eigenvalue weighted by molar-refractivity contribution is -0.115. The number of carbonyl (C=O) groups is 6. The molecule has 2 heterocycles. The molecule has 4 atom stereocenters. The number of methoxy groups -OCH3 is 3. The molecule has 14 heteroatoms. The van der Waals surface area contributed by atoms with E-state index in [1.165, 1.54) is 54.4 Å². The molecule has 2 saturated heterocycles. The fourth-order valence-corrected chi connectivity index (χ4v) is 6.04. The van der Waals surface area contributed by atoms with Crippen LogP contribution in [0.15, 0.2) is 91.0 Å². The molecule has 348 valence electrons. The number of ether oxygens (including phenoxy) is 8. The maximum absolute atomic E-state index is 12.0. The number of esters is 3. The molecule has 3 aromatic rings. The van der Waals surface area contributed by atoms with Gasteiger partial charge in [0.2, 0.25) is 0 Å². The summed E-state index contributed by atoms with van der Waals surface area (Å²) in [4.78, 5) is 63.4. The Morgan fingerprint density at radius 3 is 1.24 bits per heavy atom. The molecule has 1 aliphatic carbocycles. The second-order valence-corrected chi connectivity index (χ2v) is 15.2. The monoisotopic (exact) mass is 880 g/mol. The van der Waals surface area contributed by atoms with Crippen LogP contribution in [-0.4, -0.2) is 121 Å². The Morgan fingerprint density at radius 2 is 0.841 bits per heavy atom. The molecule has 3 fully saturated rings. The van der Waals surface area contributed by atoms with Gasteiger partial charge in [0.15, 0.2) is 6.10 Å². The van der Waals surface area contributed by atoms with Gasteiger partial charge in [-0.3, -0.25) is 0 Å². The Labute approximate surface area is 373 Å². The third-order valence-corrected chi connectivity index (χ3v) is 8.89. The molecular weight excluding hydrogens is 813 g/mol. The van der Waals surface area contributed by atoms with E-state index < -0.39 is 0 Å². The van der Waals surface area contributed by atoms with Crippen LogP contribution < -0.4 is 0 Å². The lowest BCUT2D eigenvalue weighted by atomic mass is 9.83. The minimum absolute atomic E-state index is 0.0783. The van der Waals surface area contributed by atoms with Gasteiger partial charge in [0.1, 0.15) is 42.3 Å². The molecule has 63 heavy (non-hydrogen) atoms. The smallest absolute Gasteiger partial charge is 0.338 e. The highest BCUT2D eigenvalue weighted by molar-refractivity contribution is 5.90. The van der Waals surface area contributed by atoms with Crippen LogP contribution in [0.25, 0.3) is 0 Å². The topological polar surface area (TPSA) is 176 Å². The average molecular weight is 881 g/mol. The van der Waals surface area contributed by atoms with E-state index in [9.17, 15) is 28.8 Å². The second kappa shape index (κ2) is 33.4. The minimum atomic E-state index is -0.363. The van der Waals surface area contributed by atoms with Crippen molar-refractivity contribution >= 4 is 35.3 Å². The highest BCUT2D eigenvalue weighted by Crippen LogP contribution is 2.31. The standard InChI is InChI=1S/C16H22O3.C14H16O5.C10H12O3.3C3H6O/c1-18-11-13-7-9-14(10-8-13)12-19-16(17)15-5-3-2-4-6-15;1-16-10-7-17-13-11(8-18-12(10)13)19-14(15)9-5-3-2-4-6-9;1-12-7-8-13-10(11)9-5-3-2-4-6-9;3*1-3(2)4/h2-6,13-14H,7-12H2,1H3;2-6,10-13H,7-8H2,1H3;2-6H,7-8H2,1H3;3*1-2H3/t;10-,11+,12+,13+;;;;/m.0..../s1. The van der Waals surface area contributed by atoms with Gasteiger partial charge in [-0.25, -0.2) is 14.4 Å². The fourth-order valence-electron chi connectivity index (χ4n) is 6.04. The quantitative estimate of drug-likeness (QED) is 0.0988. The highest BCUT2D eigenvalue weighted by Gasteiger charge is 2.49. The van der Waals surface area contributed by atoms with E-state index in [-0.39, 0.29) is 59.7 Å². The normalized spacial score (nSPS) is 20.1. The molecule has 2 aliphatic heterocycles. The number of hydrogen-bond acceptors (Lipinski definition) is 14. The molecule has 14 nitrogen and oxygen atoms in total. The summed E-state index contributed by atoms with van der Waals surface area (Å²) in [6.07, 6.45) is 3.83. The molecule has 0 N–H and O–H groups in total. The maximum atomic E-state index is 12.0. The summed E-state index contributed by atoms with van der Waals surface area (Å²) >= 11 is 0. The predicted octanol–water partition coefficient (Wildman–Crippen LogP) is 7.60. The largest absolute Gasteiger partial charge is 0.462 e. The van der Waals surface area contributed by atoms with Crippen molar-refractivity contribution in [3.05, 3.63) is 108 Å². The molecule has 1 saturated carbocycles. The molecule has 3 aromatic carbocycles. The number of Topliss-reactive ketones (excluding diaryl/α,β-unsaturated/α-hetero) is 3. The van der Waals surface area contributed by atoms with Crippen LogP contribution >= 0.6 is 0 Å². The summed E-state index contributed by atoms with van der Waals surface area (Å²) in [7, 11) is 4.95. The van der Waals surface area contributed by atoms with Crippen molar-refractivity contribution in [2.45, 2.75) is 91.6 Å². The summed E-state index contributed by atoms with van der Waals surface area (Å²) < 4.78 is 42.2.